The molecule has 1 aliphatic rings. The second kappa shape index (κ2) is 3.56. The number of nitrogens with zero attached hydrogens (tertiary/aromatic N) is 2. The highest BCUT2D eigenvalue weighted by atomic mass is 32.2. The van der Waals surface area contributed by atoms with E-state index in [-0.39, 0.29) is 0 Å². The summed E-state index contributed by atoms with van der Waals surface area (Å²) in [6.45, 7) is 0. The van der Waals surface area contributed by atoms with Gasteiger partial charge >= 0.3 is 0 Å². The van der Waals surface area contributed by atoms with Gasteiger partial charge in [0.25, 0.3) is 0 Å². The van der Waals surface area contributed by atoms with Crippen LogP contribution in [0.15, 0.2) is 29.2 Å². The van der Waals surface area contributed by atoms with Crippen LogP contribution < -0.4 is 5.73 Å². The Morgan fingerprint density at radius 2 is 2.25 bits per heavy atom. The van der Waals surface area contributed by atoms with E-state index < -0.39 is 0 Å². The van der Waals surface area contributed by atoms with E-state index in [1.165, 1.54) is 22.6 Å². The van der Waals surface area contributed by atoms with Gasteiger partial charge in [0.1, 0.15) is 5.82 Å². The first-order valence-electron chi connectivity index (χ1n) is 5.29. The van der Waals surface area contributed by atoms with Crippen LogP contribution in [-0.2, 0) is 13.5 Å². The standard InChI is InChI=1S/C12H13N3S/c1-15-12(13)7-10(14-15)9-3-2-8-4-5-16-11(8)6-9/h2-3,6-7H,4-5,13H2,1H3. The molecule has 1 aliphatic heterocycles. The number of thioether (sulfide) groups is 1. The minimum atomic E-state index is 0.697. The molecule has 1 aromatic heterocycles. The minimum Gasteiger partial charge on any atom is -0.384 e. The number of nitrogen functional groups attached to an aromatic ring is 1. The average Bonchev–Trinajstić information content (AvgIpc) is 2.85. The Bertz CT molecular complexity index is 526. The van der Waals surface area contributed by atoms with E-state index in [2.05, 4.69) is 23.3 Å². The van der Waals surface area contributed by atoms with Crippen LogP contribution in [-0.4, -0.2) is 15.5 Å². The van der Waals surface area contributed by atoms with Gasteiger partial charge in [-0.3, -0.25) is 4.68 Å². The Hall–Kier alpha value is -1.42. The molecular weight excluding hydrogens is 218 g/mol. The summed E-state index contributed by atoms with van der Waals surface area (Å²) in [5.74, 6) is 1.89. The molecule has 0 radical (unpaired) electrons. The lowest BCUT2D eigenvalue weighted by Crippen LogP contribution is -1.96. The predicted molar refractivity (Wildman–Crippen MR) is 67.5 cm³/mol. The maximum atomic E-state index is 5.79. The molecule has 0 spiro atoms. The second-order valence-corrected chi connectivity index (χ2v) is 5.14. The molecule has 2 aromatic rings. The van der Waals surface area contributed by atoms with Gasteiger partial charge in [-0.1, -0.05) is 12.1 Å². The summed E-state index contributed by atoms with van der Waals surface area (Å²) in [6.07, 6.45) is 1.19. The van der Waals surface area contributed by atoms with Gasteiger partial charge in [0.15, 0.2) is 0 Å². The fraction of sp³-hybridized carbons (Fsp3) is 0.250. The van der Waals surface area contributed by atoms with Crippen LogP contribution in [0, 0.1) is 0 Å². The van der Waals surface area contributed by atoms with Crippen molar-refractivity contribution >= 4 is 17.6 Å². The van der Waals surface area contributed by atoms with E-state index in [1.807, 2.05) is 24.9 Å². The summed E-state index contributed by atoms with van der Waals surface area (Å²) in [5, 5.41) is 4.39. The molecular formula is C12H13N3S. The summed E-state index contributed by atoms with van der Waals surface area (Å²) in [4.78, 5) is 1.39. The van der Waals surface area contributed by atoms with Crippen LogP contribution >= 0.6 is 11.8 Å². The Kier molecular flexibility index (Phi) is 2.17. The van der Waals surface area contributed by atoms with Crippen LogP contribution in [0.25, 0.3) is 11.3 Å². The van der Waals surface area contributed by atoms with Crippen molar-refractivity contribution in [2.45, 2.75) is 11.3 Å². The highest BCUT2D eigenvalue weighted by Crippen LogP contribution is 2.34. The van der Waals surface area contributed by atoms with Crippen LogP contribution in [0.4, 0.5) is 5.82 Å². The summed E-state index contributed by atoms with van der Waals surface area (Å²) in [5.41, 5.74) is 9.35. The van der Waals surface area contributed by atoms with Crippen molar-refractivity contribution in [2.75, 3.05) is 11.5 Å². The van der Waals surface area contributed by atoms with E-state index in [0.29, 0.717) is 5.82 Å². The Morgan fingerprint density at radius 3 is 3.00 bits per heavy atom. The third kappa shape index (κ3) is 1.50. The normalized spacial score (nSPS) is 14.1. The molecule has 2 N–H and O–H groups in total. The Balaban J connectivity index is 2.07. The molecule has 16 heavy (non-hydrogen) atoms. The molecule has 3 rings (SSSR count). The molecule has 0 saturated heterocycles. The zero-order chi connectivity index (χ0) is 11.1. The van der Waals surface area contributed by atoms with Gasteiger partial charge in [0, 0.05) is 29.3 Å². The van der Waals surface area contributed by atoms with Crippen molar-refractivity contribution < 1.29 is 0 Å². The number of aryl methyl sites for hydroxylation is 2. The van der Waals surface area contributed by atoms with Crippen molar-refractivity contribution in [3.05, 3.63) is 29.8 Å². The summed E-state index contributed by atoms with van der Waals surface area (Å²) in [6, 6.07) is 8.47. The van der Waals surface area contributed by atoms with Crippen LogP contribution in [0.1, 0.15) is 5.56 Å². The molecule has 0 saturated carbocycles. The van der Waals surface area contributed by atoms with Gasteiger partial charge in [0.05, 0.1) is 5.69 Å². The van der Waals surface area contributed by atoms with E-state index in [1.54, 1.807) is 4.68 Å². The fourth-order valence-electron chi connectivity index (χ4n) is 1.95. The van der Waals surface area contributed by atoms with Gasteiger partial charge in [-0.2, -0.15) is 5.10 Å². The lowest BCUT2D eigenvalue weighted by atomic mass is 10.1. The summed E-state index contributed by atoms with van der Waals surface area (Å²) >= 11 is 1.92. The number of rotatable bonds is 1. The summed E-state index contributed by atoms with van der Waals surface area (Å²) < 4.78 is 1.70. The number of nitrogens with two attached hydrogens (primary N) is 1. The largest absolute Gasteiger partial charge is 0.384 e. The first-order chi connectivity index (χ1) is 7.74. The number of hydrogen-bond acceptors (Lipinski definition) is 3. The number of fused-ring (bicyclic) bond motifs is 1. The minimum absolute atomic E-state index is 0.697. The SMILES string of the molecule is Cn1nc(-c2ccc3c(c2)SCC3)cc1N. The van der Waals surface area contributed by atoms with Gasteiger partial charge in [-0.05, 0) is 18.1 Å². The molecule has 3 nitrogen and oxygen atoms in total. The van der Waals surface area contributed by atoms with E-state index >= 15 is 0 Å². The molecule has 1 aromatic carbocycles. The molecule has 4 heteroatoms. The monoisotopic (exact) mass is 231 g/mol. The molecule has 0 bridgehead atoms. The molecule has 0 atom stereocenters. The quantitative estimate of drug-likeness (QED) is 0.819. The van der Waals surface area contributed by atoms with Gasteiger partial charge in [-0.25, -0.2) is 0 Å². The highest BCUT2D eigenvalue weighted by Gasteiger charge is 2.13. The average molecular weight is 231 g/mol. The Labute approximate surface area is 98.6 Å². The number of aromatic nitrogens is 2. The second-order valence-electron chi connectivity index (χ2n) is 4.00. The molecule has 0 amide bonds. The number of benzene rings is 1. The van der Waals surface area contributed by atoms with Crippen molar-refractivity contribution in [3.8, 4) is 11.3 Å². The smallest absolute Gasteiger partial charge is 0.121 e. The first kappa shape index (κ1) is 9.78. The van der Waals surface area contributed by atoms with E-state index in [9.17, 15) is 0 Å². The predicted octanol–water partition coefficient (Wildman–Crippen LogP) is 2.32. The molecule has 0 fully saturated rings. The van der Waals surface area contributed by atoms with Crippen molar-refractivity contribution in [2.24, 2.45) is 7.05 Å². The zero-order valence-electron chi connectivity index (χ0n) is 9.10. The molecule has 0 unspecified atom stereocenters. The maximum Gasteiger partial charge on any atom is 0.121 e. The van der Waals surface area contributed by atoms with Crippen molar-refractivity contribution in [1.82, 2.24) is 9.78 Å². The topological polar surface area (TPSA) is 43.8 Å². The number of anilines is 1. The molecule has 82 valence electrons. The maximum absolute atomic E-state index is 5.79. The summed E-state index contributed by atoms with van der Waals surface area (Å²) in [7, 11) is 1.86. The lowest BCUT2D eigenvalue weighted by molar-refractivity contribution is 0.782. The first-order valence-corrected chi connectivity index (χ1v) is 6.28. The van der Waals surface area contributed by atoms with Gasteiger partial charge in [-0.15, -0.1) is 11.8 Å². The van der Waals surface area contributed by atoms with Crippen molar-refractivity contribution in [1.29, 1.82) is 0 Å². The molecule has 2 heterocycles. The van der Waals surface area contributed by atoms with Gasteiger partial charge in [0.2, 0.25) is 0 Å². The van der Waals surface area contributed by atoms with Gasteiger partial charge < -0.3 is 5.73 Å². The van der Waals surface area contributed by atoms with Crippen LogP contribution in [0.5, 0.6) is 0 Å². The number of hydrogen-bond donors (Lipinski definition) is 1. The fourth-order valence-corrected chi connectivity index (χ4v) is 3.06. The highest BCUT2D eigenvalue weighted by molar-refractivity contribution is 7.99. The van der Waals surface area contributed by atoms with Crippen LogP contribution in [0.3, 0.4) is 0 Å². The third-order valence-electron chi connectivity index (χ3n) is 2.91. The lowest BCUT2D eigenvalue weighted by Gasteiger charge is -2.01. The van der Waals surface area contributed by atoms with E-state index in [4.69, 9.17) is 5.73 Å². The zero-order valence-corrected chi connectivity index (χ0v) is 9.92. The van der Waals surface area contributed by atoms with Crippen LogP contribution in [0.2, 0.25) is 0 Å². The molecule has 0 aliphatic carbocycles. The Morgan fingerprint density at radius 1 is 1.38 bits per heavy atom. The van der Waals surface area contributed by atoms with Crippen molar-refractivity contribution in [3.63, 3.8) is 0 Å². The third-order valence-corrected chi connectivity index (χ3v) is 4.01. The van der Waals surface area contributed by atoms with E-state index in [0.717, 1.165) is 11.3 Å².